The number of hydrogen-bond acceptors (Lipinski definition) is 2. The quantitative estimate of drug-likeness (QED) is 0.433. The molecule has 86 valence electrons. The summed E-state index contributed by atoms with van der Waals surface area (Å²) in [5.74, 6) is 0.824. The maximum Gasteiger partial charge on any atom is 0.163 e. The Bertz CT molecular complexity index is 459. The van der Waals surface area contributed by atoms with Crippen LogP contribution in [0.4, 0.5) is 0 Å². The van der Waals surface area contributed by atoms with Gasteiger partial charge in [-0.25, -0.2) is 0 Å². The molecule has 1 aliphatic rings. The fraction of sp³-hybridized carbons (Fsp3) is 0.417. The largest absolute Gasteiger partial charge is 0.485 e. The average molecular weight is 395 g/mol. The van der Waals surface area contributed by atoms with Gasteiger partial charge < -0.3 is 4.74 Å². The highest BCUT2D eigenvalue weighted by Crippen LogP contribution is 2.40. The van der Waals surface area contributed by atoms with E-state index < -0.39 is 0 Å². The molecule has 1 heterocycles. The summed E-state index contributed by atoms with van der Waals surface area (Å²) >= 11 is 5.75. The van der Waals surface area contributed by atoms with Gasteiger partial charge in [-0.3, -0.25) is 4.79 Å². The Morgan fingerprint density at radius 1 is 1.62 bits per heavy atom. The van der Waals surface area contributed by atoms with Gasteiger partial charge in [0.25, 0.3) is 0 Å². The van der Waals surface area contributed by atoms with Crippen LogP contribution in [0.3, 0.4) is 0 Å². The first-order valence-corrected chi connectivity index (χ1v) is 7.35. The van der Waals surface area contributed by atoms with E-state index in [9.17, 15) is 4.79 Å². The van der Waals surface area contributed by atoms with Gasteiger partial charge in [0.05, 0.1) is 5.56 Å². The summed E-state index contributed by atoms with van der Waals surface area (Å²) < 4.78 is 7.80. The molecule has 1 aliphatic heterocycles. The Kier molecular flexibility index (Phi) is 3.32. The number of benzene rings is 1. The lowest BCUT2D eigenvalue weighted by atomic mass is 10.00. The first-order valence-electron chi connectivity index (χ1n) is 5.03. The van der Waals surface area contributed by atoms with E-state index in [2.05, 4.69) is 45.4 Å². The van der Waals surface area contributed by atoms with E-state index in [4.69, 9.17) is 4.74 Å². The summed E-state index contributed by atoms with van der Waals surface area (Å²) in [5.41, 5.74) is 1.63. The van der Waals surface area contributed by atoms with Crippen molar-refractivity contribution in [2.45, 2.75) is 25.9 Å². The fourth-order valence-electron chi connectivity index (χ4n) is 1.92. The molecule has 0 aliphatic carbocycles. The number of halogens is 2. The summed E-state index contributed by atoms with van der Waals surface area (Å²) in [4.78, 5) is 11.6. The molecule has 2 nitrogen and oxygen atoms in total. The highest BCUT2D eigenvalue weighted by Gasteiger charge is 2.36. The maximum absolute atomic E-state index is 11.6. The molecular weight excluding hydrogens is 383 g/mol. The standard InChI is InChI=1S/C12H12BrIO2/c1-7(15)10-4-9(13)3-8-5-12(2,6-14)16-11(8)10/h3-4H,5-6H2,1-2H3. The van der Waals surface area contributed by atoms with Crippen molar-refractivity contribution in [3.05, 3.63) is 27.7 Å². The highest BCUT2D eigenvalue weighted by atomic mass is 127. The molecule has 16 heavy (non-hydrogen) atoms. The number of alkyl halides is 1. The zero-order chi connectivity index (χ0) is 11.9. The van der Waals surface area contributed by atoms with Crippen molar-refractivity contribution in [2.75, 3.05) is 4.43 Å². The third-order valence-corrected chi connectivity index (χ3v) is 4.78. The van der Waals surface area contributed by atoms with Crippen molar-refractivity contribution in [1.29, 1.82) is 0 Å². The number of carbonyl (C=O) groups is 1. The number of fused-ring (bicyclic) bond motifs is 1. The van der Waals surface area contributed by atoms with E-state index in [0.717, 1.165) is 26.6 Å². The van der Waals surface area contributed by atoms with Crippen LogP contribution in [0.25, 0.3) is 0 Å². The van der Waals surface area contributed by atoms with Gasteiger partial charge >= 0.3 is 0 Å². The lowest BCUT2D eigenvalue weighted by molar-refractivity contribution is 0.100. The summed E-state index contributed by atoms with van der Waals surface area (Å²) in [6, 6.07) is 3.87. The Hall–Kier alpha value is -0.100. The van der Waals surface area contributed by atoms with Gasteiger partial charge in [0.2, 0.25) is 0 Å². The molecule has 0 saturated carbocycles. The highest BCUT2D eigenvalue weighted by molar-refractivity contribution is 14.1. The zero-order valence-electron chi connectivity index (χ0n) is 9.14. The van der Waals surface area contributed by atoms with Gasteiger partial charge in [-0.15, -0.1) is 0 Å². The minimum atomic E-state index is -0.173. The van der Waals surface area contributed by atoms with Gasteiger partial charge in [-0.1, -0.05) is 38.5 Å². The van der Waals surface area contributed by atoms with Crippen LogP contribution in [0.15, 0.2) is 16.6 Å². The van der Waals surface area contributed by atoms with Crippen LogP contribution in [0.2, 0.25) is 0 Å². The van der Waals surface area contributed by atoms with Crippen molar-refractivity contribution in [3.8, 4) is 5.75 Å². The Labute approximate surface area is 117 Å². The van der Waals surface area contributed by atoms with Crippen molar-refractivity contribution in [3.63, 3.8) is 0 Å². The van der Waals surface area contributed by atoms with Crippen LogP contribution in [0.5, 0.6) is 5.75 Å². The SMILES string of the molecule is CC(=O)c1cc(Br)cc2c1OC(C)(CI)C2. The molecule has 0 fully saturated rings. The minimum absolute atomic E-state index is 0.0512. The average Bonchev–Trinajstić information content (AvgIpc) is 2.54. The Balaban J connectivity index is 2.52. The fourth-order valence-corrected chi connectivity index (χ4v) is 2.85. The van der Waals surface area contributed by atoms with Crippen molar-refractivity contribution in [2.24, 2.45) is 0 Å². The molecular formula is C12H12BrIO2. The summed E-state index contributed by atoms with van der Waals surface area (Å²) in [6.45, 7) is 3.66. The molecule has 2 rings (SSSR count). The van der Waals surface area contributed by atoms with Crippen LogP contribution in [-0.2, 0) is 6.42 Å². The van der Waals surface area contributed by atoms with Crippen LogP contribution >= 0.6 is 38.5 Å². The van der Waals surface area contributed by atoms with Gasteiger partial charge in [0.15, 0.2) is 5.78 Å². The smallest absolute Gasteiger partial charge is 0.163 e. The third kappa shape index (κ3) is 2.14. The monoisotopic (exact) mass is 394 g/mol. The Morgan fingerprint density at radius 2 is 2.31 bits per heavy atom. The zero-order valence-corrected chi connectivity index (χ0v) is 12.9. The number of rotatable bonds is 2. The molecule has 0 spiro atoms. The molecule has 1 aromatic carbocycles. The molecule has 0 N–H and O–H groups in total. The molecule has 0 aromatic heterocycles. The van der Waals surface area contributed by atoms with Gasteiger partial charge in [-0.2, -0.15) is 0 Å². The number of Topliss-reactive ketones (excluding diaryl/α,β-unsaturated/α-hetero) is 1. The predicted octanol–water partition coefficient (Wildman–Crippen LogP) is 3.78. The van der Waals surface area contributed by atoms with E-state index in [0.29, 0.717) is 5.56 Å². The lowest BCUT2D eigenvalue weighted by Crippen LogP contribution is -2.31. The second-order valence-corrected chi connectivity index (χ2v) is 6.04. The van der Waals surface area contributed by atoms with E-state index in [-0.39, 0.29) is 11.4 Å². The van der Waals surface area contributed by atoms with Crippen molar-refractivity contribution >= 4 is 44.3 Å². The van der Waals surface area contributed by atoms with Crippen molar-refractivity contribution in [1.82, 2.24) is 0 Å². The van der Waals surface area contributed by atoms with Gasteiger partial charge in [0, 0.05) is 20.9 Å². The normalized spacial score (nSPS) is 22.8. The summed E-state index contributed by atoms with van der Waals surface area (Å²) in [5, 5.41) is 0. The molecule has 0 amide bonds. The predicted molar refractivity (Wildman–Crippen MR) is 75.8 cm³/mol. The number of carbonyl (C=O) groups excluding carboxylic acids is 1. The van der Waals surface area contributed by atoms with Crippen LogP contribution in [-0.4, -0.2) is 15.8 Å². The summed E-state index contributed by atoms with van der Waals surface area (Å²) in [7, 11) is 0. The molecule has 0 bridgehead atoms. The van der Waals surface area contributed by atoms with Crippen molar-refractivity contribution < 1.29 is 9.53 Å². The van der Waals surface area contributed by atoms with E-state index in [1.165, 1.54) is 0 Å². The van der Waals surface area contributed by atoms with Gasteiger partial charge in [0.1, 0.15) is 11.4 Å². The second-order valence-electron chi connectivity index (χ2n) is 4.36. The minimum Gasteiger partial charge on any atom is -0.485 e. The van der Waals surface area contributed by atoms with E-state index >= 15 is 0 Å². The Morgan fingerprint density at radius 3 is 2.88 bits per heavy atom. The summed E-state index contributed by atoms with van der Waals surface area (Å²) in [6.07, 6.45) is 0.866. The molecule has 1 unspecified atom stereocenters. The van der Waals surface area contributed by atoms with Gasteiger partial charge in [-0.05, 0) is 26.0 Å². The first-order chi connectivity index (χ1) is 7.45. The molecule has 4 heteroatoms. The van der Waals surface area contributed by atoms with Crippen LogP contribution in [0.1, 0.15) is 29.8 Å². The van der Waals surface area contributed by atoms with Crippen LogP contribution < -0.4 is 4.74 Å². The molecule has 0 saturated heterocycles. The number of ketones is 1. The number of ether oxygens (including phenoxy) is 1. The third-order valence-electron chi connectivity index (χ3n) is 2.71. The topological polar surface area (TPSA) is 26.3 Å². The molecule has 0 radical (unpaired) electrons. The molecule has 1 atom stereocenters. The molecule has 1 aromatic rings. The van der Waals surface area contributed by atoms with E-state index in [1.54, 1.807) is 6.92 Å². The maximum atomic E-state index is 11.6. The van der Waals surface area contributed by atoms with E-state index in [1.807, 2.05) is 12.1 Å². The number of hydrogen-bond donors (Lipinski definition) is 0. The lowest BCUT2D eigenvalue weighted by Gasteiger charge is -2.21. The second kappa shape index (κ2) is 4.29. The first kappa shape index (κ1) is 12.4. The van der Waals surface area contributed by atoms with Crippen LogP contribution in [0, 0.1) is 0 Å².